The molecule has 0 aliphatic heterocycles. The van der Waals surface area contributed by atoms with Gasteiger partial charge < -0.3 is 10.5 Å². The third kappa shape index (κ3) is 6.86. The van der Waals surface area contributed by atoms with E-state index < -0.39 is 0 Å². The fourth-order valence-corrected chi connectivity index (χ4v) is 1.11. The van der Waals surface area contributed by atoms with Crippen LogP contribution in [-0.4, -0.2) is 24.8 Å². The van der Waals surface area contributed by atoms with Crippen LogP contribution in [-0.2, 0) is 9.53 Å². The van der Waals surface area contributed by atoms with Gasteiger partial charge in [0.05, 0.1) is 12.8 Å². The van der Waals surface area contributed by atoms with Crippen molar-refractivity contribution in [2.24, 2.45) is 5.73 Å². The van der Waals surface area contributed by atoms with Crippen LogP contribution in [0.25, 0.3) is 0 Å². The number of hydrogen-bond acceptors (Lipinski definition) is 4. The Labute approximate surface area is 86.2 Å². The standard InChI is InChI=1S/C10H22N2O2/c1-4-5-6-7-14-10(13)8(2)12-9(3)11/h8-9,12H,4-7,11H2,1-3H3. The van der Waals surface area contributed by atoms with Gasteiger partial charge in [0.1, 0.15) is 6.04 Å². The highest BCUT2D eigenvalue weighted by Gasteiger charge is 2.14. The second kappa shape index (κ2) is 7.76. The number of nitrogens with two attached hydrogens (primary N) is 1. The van der Waals surface area contributed by atoms with E-state index in [4.69, 9.17) is 10.5 Å². The maximum Gasteiger partial charge on any atom is 0.322 e. The van der Waals surface area contributed by atoms with E-state index >= 15 is 0 Å². The highest BCUT2D eigenvalue weighted by atomic mass is 16.5. The third-order valence-corrected chi connectivity index (χ3v) is 1.86. The molecule has 3 N–H and O–H groups in total. The maximum absolute atomic E-state index is 11.3. The number of unbranched alkanes of at least 4 members (excludes halogenated alkanes) is 2. The minimum Gasteiger partial charge on any atom is -0.465 e. The van der Waals surface area contributed by atoms with Crippen LogP contribution in [0.15, 0.2) is 0 Å². The number of nitrogens with one attached hydrogen (secondary N) is 1. The number of carbonyl (C=O) groups is 1. The molecule has 4 nitrogen and oxygen atoms in total. The number of hydrogen-bond donors (Lipinski definition) is 2. The van der Waals surface area contributed by atoms with Gasteiger partial charge in [0.2, 0.25) is 0 Å². The molecule has 0 aliphatic carbocycles. The molecule has 0 aromatic carbocycles. The molecule has 0 rings (SSSR count). The summed E-state index contributed by atoms with van der Waals surface area (Å²) in [6, 6.07) is -0.323. The van der Waals surface area contributed by atoms with Gasteiger partial charge in [-0.05, 0) is 20.3 Å². The Balaban J connectivity index is 3.52. The van der Waals surface area contributed by atoms with Gasteiger partial charge in [0.15, 0.2) is 0 Å². The first kappa shape index (κ1) is 13.4. The third-order valence-electron chi connectivity index (χ3n) is 1.86. The van der Waals surface area contributed by atoms with Crippen LogP contribution >= 0.6 is 0 Å². The molecule has 0 amide bonds. The summed E-state index contributed by atoms with van der Waals surface area (Å²) < 4.78 is 5.05. The first-order chi connectivity index (χ1) is 6.57. The Kier molecular flexibility index (Phi) is 7.42. The number of ether oxygens (including phenoxy) is 1. The molecule has 0 fully saturated rings. The second-order valence-electron chi connectivity index (χ2n) is 3.55. The Morgan fingerprint density at radius 1 is 1.43 bits per heavy atom. The van der Waals surface area contributed by atoms with Gasteiger partial charge in [-0.2, -0.15) is 0 Å². The molecule has 0 aliphatic rings. The lowest BCUT2D eigenvalue weighted by Gasteiger charge is -2.15. The van der Waals surface area contributed by atoms with Gasteiger partial charge in [-0.3, -0.25) is 10.1 Å². The fourth-order valence-electron chi connectivity index (χ4n) is 1.11. The average molecular weight is 202 g/mol. The number of carbonyl (C=O) groups excluding carboxylic acids is 1. The SMILES string of the molecule is CCCCCOC(=O)C(C)NC(C)N. The van der Waals surface area contributed by atoms with Gasteiger partial charge >= 0.3 is 5.97 Å². The highest BCUT2D eigenvalue weighted by molar-refractivity contribution is 5.75. The Morgan fingerprint density at radius 2 is 2.07 bits per heavy atom. The largest absolute Gasteiger partial charge is 0.465 e. The zero-order chi connectivity index (χ0) is 11.0. The molecule has 0 bridgehead atoms. The van der Waals surface area contributed by atoms with Crippen molar-refractivity contribution in [3.05, 3.63) is 0 Å². The predicted molar refractivity (Wildman–Crippen MR) is 56.7 cm³/mol. The van der Waals surface area contributed by atoms with Crippen molar-refractivity contribution >= 4 is 5.97 Å². The summed E-state index contributed by atoms with van der Waals surface area (Å²) >= 11 is 0. The monoisotopic (exact) mass is 202 g/mol. The highest BCUT2D eigenvalue weighted by Crippen LogP contribution is 1.96. The maximum atomic E-state index is 11.3. The molecule has 2 atom stereocenters. The zero-order valence-corrected chi connectivity index (χ0v) is 9.38. The van der Waals surface area contributed by atoms with Crippen molar-refractivity contribution in [2.45, 2.75) is 52.2 Å². The van der Waals surface area contributed by atoms with E-state index in [-0.39, 0.29) is 18.2 Å². The Bertz CT molecular complexity index is 160. The molecular formula is C10H22N2O2. The van der Waals surface area contributed by atoms with E-state index in [0.717, 1.165) is 19.3 Å². The molecule has 0 aromatic heterocycles. The van der Waals surface area contributed by atoms with E-state index in [1.165, 1.54) is 0 Å². The summed E-state index contributed by atoms with van der Waals surface area (Å²) in [7, 11) is 0. The first-order valence-electron chi connectivity index (χ1n) is 5.26. The van der Waals surface area contributed by atoms with Crippen molar-refractivity contribution in [3.8, 4) is 0 Å². The number of esters is 1. The minimum absolute atomic E-state index is 0.187. The number of rotatable bonds is 7. The molecule has 0 spiro atoms. The molecule has 0 aromatic rings. The molecular weight excluding hydrogens is 180 g/mol. The zero-order valence-electron chi connectivity index (χ0n) is 9.38. The molecule has 14 heavy (non-hydrogen) atoms. The van der Waals surface area contributed by atoms with Crippen molar-refractivity contribution in [2.75, 3.05) is 6.61 Å². The van der Waals surface area contributed by atoms with Gasteiger partial charge in [0, 0.05) is 0 Å². The van der Waals surface area contributed by atoms with Crippen molar-refractivity contribution in [1.82, 2.24) is 5.32 Å². The van der Waals surface area contributed by atoms with E-state index in [2.05, 4.69) is 12.2 Å². The lowest BCUT2D eigenvalue weighted by atomic mass is 10.3. The van der Waals surface area contributed by atoms with Crippen molar-refractivity contribution in [3.63, 3.8) is 0 Å². The van der Waals surface area contributed by atoms with Crippen LogP contribution < -0.4 is 11.1 Å². The average Bonchev–Trinajstić information content (AvgIpc) is 2.11. The van der Waals surface area contributed by atoms with Crippen molar-refractivity contribution in [1.29, 1.82) is 0 Å². The molecule has 0 radical (unpaired) electrons. The van der Waals surface area contributed by atoms with Gasteiger partial charge in [0.25, 0.3) is 0 Å². The normalized spacial score (nSPS) is 14.9. The van der Waals surface area contributed by atoms with Gasteiger partial charge in [-0.1, -0.05) is 19.8 Å². The fraction of sp³-hybridized carbons (Fsp3) is 0.900. The predicted octanol–water partition coefficient (Wildman–Crippen LogP) is 1.00. The summed E-state index contributed by atoms with van der Waals surface area (Å²) in [6.07, 6.45) is 2.98. The van der Waals surface area contributed by atoms with Crippen molar-refractivity contribution < 1.29 is 9.53 Å². The van der Waals surface area contributed by atoms with E-state index in [1.807, 2.05) is 0 Å². The topological polar surface area (TPSA) is 64.3 Å². The molecule has 0 saturated heterocycles. The van der Waals surface area contributed by atoms with Gasteiger partial charge in [-0.25, -0.2) is 0 Å². The first-order valence-corrected chi connectivity index (χ1v) is 5.26. The van der Waals surface area contributed by atoms with E-state index in [9.17, 15) is 4.79 Å². The summed E-state index contributed by atoms with van der Waals surface area (Å²) in [4.78, 5) is 11.3. The Hall–Kier alpha value is -0.610. The molecule has 2 unspecified atom stereocenters. The van der Waals surface area contributed by atoms with Crippen LogP contribution in [0.3, 0.4) is 0 Å². The molecule has 4 heteroatoms. The molecule has 0 saturated carbocycles. The summed E-state index contributed by atoms with van der Waals surface area (Å²) in [6.45, 7) is 6.17. The van der Waals surface area contributed by atoms with E-state index in [1.54, 1.807) is 13.8 Å². The smallest absolute Gasteiger partial charge is 0.322 e. The lowest BCUT2D eigenvalue weighted by Crippen LogP contribution is -2.45. The van der Waals surface area contributed by atoms with E-state index in [0.29, 0.717) is 6.61 Å². The lowest BCUT2D eigenvalue weighted by molar-refractivity contribution is -0.146. The van der Waals surface area contributed by atoms with Crippen LogP contribution in [0.2, 0.25) is 0 Å². The van der Waals surface area contributed by atoms with Crippen LogP contribution in [0.5, 0.6) is 0 Å². The minimum atomic E-state index is -0.323. The summed E-state index contributed by atoms with van der Waals surface area (Å²) in [5.74, 6) is -0.224. The Morgan fingerprint density at radius 3 is 2.57 bits per heavy atom. The second-order valence-corrected chi connectivity index (χ2v) is 3.55. The van der Waals surface area contributed by atoms with Gasteiger partial charge in [-0.15, -0.1) is 0 Å². The quantitative estimate of drug-likeness (QED) is 0.367. The molecule has 84 valence electrons. The molecule has 0 heterocycles. The van der Waals surface area contributed by atoms with Crippen LogP contribution in [0, 0.1) is 0 Å². The van der Waals surface area contributed by atoms with Crippen LogP contribution in [0.4, 0.5) is 0 Å². The van der Waals surface area contributed by atoms with Crippen LogP contribution in [0.1, 0.15) is 40.0 Å². The summed E-state index contributed by atoms with van der Waals surface area (Å²) in [5, 5.41) is 2.89. The summed E-state index contributed by atoms with van der Waals surface area (Å²) in [5.41, 5.74) is 5.49.